The van der Waals surface area contributed by atoms with E-state index in [0.717, 1.165) is 24.5 Å². The van der Waals surface area contributed by atoms with Crippen molar-refractivity contribution in [2.75, 3.05) is 20.1 Å². The molecule has 54 heavy (non-hydrogen) atoms. The molecule has 6 aromatic rings. The lowest BCUT2D eigenvalue weighted by molar-refractivity contribution is 0.0223. The fourth-order valence-electron chi connectivity index (χ4n) is 6.63. The van der Waals surface area contributed by atoms with Gasteiger partial charge in [0.05, 0.1) is 12.0 Å². The second kappa shape index (κ2) is 15.4. The van der Waals surface area contributed by atoms with Gasteiger partial charge in [-0.2, -0.15) is 0 Å². The van der Waals surface area contributed by atoms with Gasteiger partial charge in [-0.25, -0.2) is 4.79 Å². The lowest BCUT2D eigenvalue weighted by atomic mass is 10.0. The first kappa shape index (κ1) is 18.6. The van der Waals surface area contributed by atoms with Crippen molar-refractivity contribution in [2.24, 2.45) is 0 Å². The van der Waals surface area contributed by atoms with Crippen LogP contribution in [0, 0.1) is 27.4 Å². The van der Waals surface area contributed by atoms with Gasteiger partial charge in [-0.3, -0.25) is 9.97 Å². The summed E-state index contributed by atoms with van der Waals surface area (Å²) in [7, 11) is 0. The second-order valence-corrected chi connectivity index (χ2v) is 14.1. The minimum absolute atomic E-state index is 0.000942. The average Bonchev–Trinajstić information content (AvgIpc) is 3.82. The molecule has 8 heteroatoms. The molecule has 2 aromatic carbocycles. The maximum Gasteiger partial charge on any atom is 0.410 e. The summed E-state index contributed by atoms with van der Waals surface area (Å²) in [6, 6.07) is 13.1. The third-order valence-electron chi connectivity index (χ3n) is 9.10. The molecule has 2 aliphatic heterocycles. The summed E-state index contributed by atoms with van der Waals surface area (Å²) in [4.78, 5) is 23.2. The molecule has 0 spiro atoms. The van der Waals surface area contributed by atoms with Crippen LogP contribution >= 0.6 is 0 Å². The molecule has 6 heterocycles. The van der Waals surface area contributed by atoms with E-state index in [1.807, 2.05) is 0 Å². The molecule has 0 aliphatic carbocycles. The first-order chi connectivity index (χ1) is 34.9. The highest BCUT2D eigenvalue weighted by molar-refractivity contribution is 5.88. The Labute approximate surface area is 353 Å². The Morgan fingerprint density at radius 2 is 1.30 bits per heavy atom. The minimum atomic E-state index is -2.74. The van der Waals surface area contributed by atoms with Gasteiger partial charge in [-0.1, -0.05) is 35.4 Å². The largest absolute Gasteiger partial charge is 0.444 e. The number of benzene rings is 2. The van der Waals surface area contributed by atoms with Crippen molar-refractivity contribution in [3.63, 3.8) is 0 Å². The van der Waals surface area contributed by atoms with E-state index in [0.29, 0.717) is 33.3 Å². The predicted octanol–water partition coefficient (Wildman–Crippen LogP) is 9.07. The van der Waals surface area contributed by atoms with E-state index in [9.17, 15) is 4.79 Å². The van der Waals surface area contributed by atoms with E-state index in [-0.39, 0.29) is 83.7 Å². The molecule has 8 nitrogen and oxygen atoms in total. The molecular formula is C46H56N6O2. The third-order valence-corrected chi connectivity index (χ3v) is 9.10. The standard InChI is InChI=1S/C25H31N3O2.C21H25N3/c1-17-6-9-22-20(14-17)21-16-27(24(29)30-25(3,4)5)12-11-23(21)28(22)13-10-19-8-7-18(2)26-15-19;1-15-4-7-20-18(12-15)19-14-23(3)10-9-21(19)24(20)11-8-17-6-5-16(2)22-13-17/h6-9,14-15H,10-13,16H2,1-5H3;4-7,12-13H,8-11,14H2,1-3H3/i1D3,2D3,10D2,13D2;1D3,2D3,3D3,8D2,11D2. The third kappa shape index (κ3) is 8.24. The van der Waals surface area contributed by atoms with Crippen LogP contribution in [0.2, 0.25) is 0 Å². The number of likely N-dealkylation sites (N-methyl/N-ethyl adjacent to an activating group) is 1. The molecule has 0 fully saturated rings. The molecule has 0 bridgehead atoms. The van der Waals surface area contributed by atoms with E-state index < -0.39 is 71.8 Å². The SMILES string of the molecule is [2H]C([2H])([2H])c1ccc2c(c1)c1c(n2C([2H])([2H])C([2H])([2H])c2ccc(C([2H])([2H])[2H])nc2)CCN(C(=O)OC(C)(C)C)C1.[2H]C([2H])([2H])c1ccc2c(c1)c1c(n2C([2H])([2H])C([2H])([2H])c2ccc(C([2H])([2H])[2H])nc2)CCN(C([2H])([2H])[2H])C1. The van der Waals surface area contributed by atoms with Crippen LogP contribution in [0.3, 0.4) is 0 Å². The zero-order valence-corrected chi connectivity index (χ0v) is 30.2. The summed E-state index contributed by atoms with van der Waals surface area (Å²) >= 11 is 0. The number of ether oxygens (including phenoxy) is 1. The summed E-state index contributed by atoms with van der Waals surface area (Å²) in [5.74, 6) is 0. The van der Waals surface area contributed by atoms with Crippen molar-refractivity contribution >= 4 is 27.9 Å². The molecule has 0 saturated heterocycles. The molecular weight excluding hydrogens is 669 g/mol. The monoisotopic (exact) mass is 748 g/mol. The maximum atomic E-state index is 12.9. The van der Waals surface area contributed by atoms with Crippen molar-refractivity contribution in [2.45, 2.75) is 105 Å². The zero-order chi connectivity index (χ0) is 57.8. The summed E-state index contributed by atoms with van der Waals surface area (Å²) in [6.07, 6.45) is -3.66. The number of hydrogen-bond acceptors (Lipinski definition) is 5. The number of rotatable bonds is 6. The molecule has 1 amide bonds. The van der Waals surface area contributed by atoms with Crippen LogP contribution in [0.5, 0.6) is 0 Å². The fourth-order valence-corrected chi connectivity index (χ4v) is 6.63. The number of fused-ring (bicyclic) bond motifs is 6. The Hall–Kier alpha value is -4.95. The molecule has 8 rings (SSSR count). The van der Waals surface area contributed by atoms with Crippen molar-refractivity contribution in [1.82, 2.24) is 28.9 Å². The van der Waals surface area contributed by atoms with Crippen molar-refractivity contribution in [3.05, 3.63) is 129 Å². The van der Waals surface area contributed by atoms with Crippen molar-refractivity contribution in [3.8, 4) is 0 Å². The Kier molecular flexibility index (Phi) is 5.31. The van der Waals surface area contributed by atoms with Gasteiger partial charge in [0.2, 0.25) is 0 Å². The predicted molar refractivity (Wildman–Crippen MR) is 219 cm³/mol. The number of amides is 1. The smallest absolute Gasteiger partial charge is 0.410 e. The zero-order valence-electron chi connectivity index (χ0n) is 53.2. The van der Waals surface area contributed by atoms with Gasteiger partial charge in [0.25, 0.3) is 0 Å². The molecule has 4 aromatic heterocycles. The topological polar surface area (TPSA) is 68.4 Å². The van der Waals surface area contributed by atoms with Crippen LogP contribution in [0.4, 0.5) is 4.79 Å². The van der Waals surface area contributed by atoms with E-state index in [2.05, 4.69) is 9.97 Å². The lowest BCUT2D eigenvalue weighted by Crippen LogP contribution is -2.40. The molecule has 0 radical (unpaired) electrons. The Bertz CT molecular complexity index is 3180. The van der Waals surface area contributed by atoms with Gasteiger partial charge in [0.1, 0.15) is 5.60 Å². The van der Waals surface area contributed by atoms with E-state index in [1.54, 1.807) is 20.8 Å². The van der Waals surface area contributed by atoms with Crippen LogP contribution in [0.25, 0.3) is 21.8 Å². The summed E-state index contributed by atoms with van der Waals surface area (Å²) in [6.45, 7) is -12.4. The lowest BCUT2D eigenvalue weighted by Gasteiger charge is -2.30. The van der Waals surface area contributed by atoms with E-state index in [1.165, 1.54) is 67.5 Å². The van der Waals surface area contributed by atoms with Crippen LogP contribution in [-0.2, 0) is 56.4 Å². The van der Waals surface area contributed by atoms with Crippen LogP contribution in [0.15, 0.2) is 73.1 Å². The van der Waals surface area contributed by atoms with Crippen LogP contribution < -0.4 is 0 Å². The molecule has 282 valence electrons. The normalized spacial score (nSPS) is 23.0. The molecule has 2 aliphatic rings. The van der Waals surface area contributed by atoms with Gasteiger partial charge in [-0.15, -0.1) is 0 Å². The Balaban J connectivity index is 0.000000224. The minimum Gasteiger partial charge on any atom is -0.444 e. The molecule has 0 N–H and O–H groups in total. The second-order valence-electron chi connectivity index (χ2n) is 14.1. The summed E-state index contributed by atoms with van der Waals surface area (Å²) in [5, 5.41) is 0.737. The highest BCUT2D eigenvalue weighted by atomic mass is 16.6. The molecule has 0 unspecified atom stereocenters. The number of nitrogens with zero attached hydrogens (tertiary/aromatic N) is 6. The number of hydrogen-bond donors (Lipinski definition) is 0. The fraction of sp³-hybridized carbons (Fsp3) is 0.413. The Morgan fingerprint density at radius 1 is 0.741 bits per heavy atom. The van der Waals surface area contributed by atoms with Crippen LogP contribution in [0.1, 0.15) is 108 Å². The first-order valence-electron chi connectivity index (χ1n) is 28.9. The Morgan fingerprint density at radius 3 is 1.78 bits per heavy atom. The van der Waals surface area contributed by atoms with Gasteiger partial charge >= 0.3 is 6.09 Å². The highest BCUT2D eigenvalue weighted by Crippen LogP contribution is 2.34. The maximum absolute atomic E-state index is 12.9. The molecule has 0 atom stereocenters. The first-order valence-corrected chi connectivity index (χ1v) is 17.4. The van der Waals surface area contributed by atoms with Crippen molar-refractivity contribution < 1.29 is 41.1 Å². The number of aryl methyl sites for hydroxylation is 8. The summed E-state index contributed by atoms with van der Waals surface area (Å²) in [5.41, 5.74) is 0.694. The number of carbonyl (C=O) groups is 1. The van der Waals surface area contributed by atoms with Crippen LogP contribution in [-0.4, -0.2) is 60.7 Å². The average molecular weight is 748 g/mol. The number of aromatic nitrogens is 4. The number of carbonyl (C=O) groups excluding carboxylic acids is 1. The van der Waals surface area contributed by atoms with E-state index in [4.69, 9.17) is 36.3 Å². The van der Waals surface area contributed by atoms with Gasteiger partial charge < -0.3 is 23.7 Å². The van der Waals surface area contributed by atoms with Gasteiger partial charge in [0, 0.05) is 134 Å². The van der Waals surface area contributed by atoms with Gasteiger partial charge in [0.15, 0.2) is 0 Å². The quantitative estimate of drug-likeness (QED) is 0.170. The summed E-state index contributed by atoms with van der Waals surface area (Å²) < 4.78 is 194. The van der Waals surface area contributed by atoms with Crippen molar-refractivity contribution in [1.29, 1.82) is 0 Å². The molecule has 0 saturated carbocycles. The number of pyridine rings is 2. The highest BCUT2D eigenvalue weighted by Gasteiger charge is 2.29. The van der Waals surface area contributed by atoms with Gasteiger partial charge in [-0.05, 0) is 121 Å². The van der Waals surface area contributed by atoms with E-state index >= 15 is 0 Å².